The molecule has 0 atom stereocenters. The Balaban J connectivity index is 2.35. The highest BCUT2D eigenvalue weighted by Crippen LogP contribution is 2.21. The number of thioether (sulfide) groups is 1. The maximum atomic E-state index is 8.65. The van der Waals surface area contributed by atoms with Crippen molar-refractivity contribution in [2.24, 2.45) is 0 Å². The zero-order valence-electron chi connectivity index (χ0n) is 9.11. The van der Waals surface area contributed by atoms with Crippen LogP contribution in [0.25, 0.3) is 0 Å². The van der Waals surface area contributed by atoms with E-state index in [1.807, 2.05) is 12.1 Å². The molecule has 0 saturated heterocycles. The molecule has 1 aromatic carbocycles. The molecular weight excluding hydrogens is 208 g/mol. The van der Waals surface area contributed by atoms with Gasteiger partial charge in [-0.1, -0.05) is 6.92 Å². The summed E-state index contributed by atoms with van der Waals surface area (Å²) in [4.78, 5) is 1.23. The lowest BCUT2D eigenvalue weighted by atomic mass is 10.3. The molecule has 0 radical (unpaired) electrons. The van der Waals surface area contributed by atoms with Crippen LogP contribution in [0.2, 0.25) is 0 Å². The lowest BCUT2D eigenvalue weighted by molar-refractivity contribution is 0.296. The first-order chi connectivity index (χ1) is 7.36. The third-order valence-corrected chi connectivity index (χ3v) is 2.97. The zero-order valence-corrected chi connectivity index (χ0v) is 9.93. The summed E-state index contributed by atoms with van der Waals surface area (Å²) in [6, 6.07) is 8.12. The van der Waals surface area contributed by atoms with Gasteiger partial charge in [-0.25, -0.2) is 0 Å². The van der Waals surface area contributed by atoms with E-state index in [0.717, 1.165) is 31.0 Å². The van der Waals surface area contributed by atoms with Gasteiger partial charge in [0.15, 0.2) is 0 Å². The van der Waals surface area contributed by atoms with Crippen LogP contribution in [0.1, 0.15) is 19.8 Å². The Morgan fingerprint density at radius 1 is 1.27 bits per heavy atom. The summed E-state index contributed by atoms with van der Waals surface area (Å²) < 4.78 is 5.49. The Bertz CT molecular complexity index is 259. The lowest BCUT2D eigenvalue weighted by Gasteiger charge is -2.05. The predicted molar refractivity (Wildman–Crippen MR) is 64.7 cm³/mol. The lowest BCUT2D eigenvalue weighted by Crippen LogP contribution is -1.94. The van der Waals surface area contributed by atoms with Gasteiger partial charge in [-0.05, 0) is 37.1 Å². The molecule has 84 valence electrons. The summed E-state index contributed by atoms with van der Waals surface area (Å²) in [5.41, 5.74) is 0. The first-order valence-corrected chi connectivity index (χ1v) is 6.32. The second kappa shape index (κ2) is 7.60. The molecule has 1 N–H and O–H groups in total. The summed E-state index contributed by atoms with van der Waals surface area (Å²) in [6.07, 6.45) is 1.88. The van der Waals surface area contributed by atoms with Gasteiger partial charge in [0, 0.05) is 17.3 Å². The van der Waals surface area contributed by atoms with Crippen molar-refractivity contribution < 1.29 is 9.84 Å². The average molecular weight is 226 g/mol. The highest BCUT2D eigenvalue weighted by Gasteiger charge is 1.95. The van der Waals surface area contributed by atoms with E-state index < -0.39 is 0 Å². The fraction of sp³-hybridized carbons (Fsp3) is 0.500. The third kappa shape index (κ3) is 5.09. The number of aliphatic hydroxyl groups excluding tert-OH is 1. The first kappa shape index (κ1) is 12.4. The molecule has 0 amide bonds. The molecule has 0 aliphatic carbocycles. The monoisotopic (exact) mass is 226 g/mol. The minimum absolute atomic E-state index is 0.269. The number of aliphatic hydroxyl groups is 1. The molecule has 2 nitrogen and oxygen atoms in total. The van der Waals surface area contributed by atoms with Crippen molar-refractivity contribution in [3.05, 3.63) is 24.3 Å². The maximum Gasteiger partial charge on any atom is 0.119 e. The van der Waals surface area contributed by atoms with Gasteiger partial charge in [0.25, 0.3) is 0 Å². The van der Waals surface area contributed by atoms with E-state index in [-0.39, 0.29) is 6.61 Å². The van der Waals surface area contributed by atoms with Crippen LogP contribution in [0.5, 0.6) is 5.75 Å². The van der Waals surface area contributed by atoms with Crippen molar-refractivity contribution >= 4 is 11.8 Å². The second-order valence-electron chi connectivity index (χ2n) is 3.25. The molecule has 1 aromatic rings. The summed E-state index contributed by atoms with van der Waals surface area (Å²) in [6.45, 7) is 3.14. The second-order valence-corrected chi connectivity index (χ2v) is 4.41. The Hall–Kier alpha value is -0.670. The van der Waals surface area contributed by atoms with Gasteiger partial charge in [0.05, 0.1) is 6.61 Å². The number of hydrogen-bond acceptors (Lipinski definition) is 3. The Morgan fingerprint density at radius 2 is 2.00 bits per heavy atom. The fourth-order valence-corrected chi connectivity index (χ4v) is 1.94. The Kier molecular flexibility index (Phi) is 6.28. The van der Waals surface area contributed by atoms with Gasteiger partial charge in [0.1, 0.15) is 5.75 Å². The molecule has 0 saturated carbocycles. The number of ether oxygens (including phenoxy) is 1. The predicted octanol–water partition coefficient (Wildman–Crippen LogP) is 2.95. The van der Waals surface area contributed by atoms with Crippen LogP contribution in [0, 0.1) is 0 Å². The Labute approximate surface area is 95.7 Å². The molecule has 0 fully saturated rings. The van der Waals surface area contributed by atoms with Crippen molar-refractivity contribution in [1.29, 1.82) is 0 Å². The number of benzene rings is 1. The quantitative estimate of drug-likeness (QED) is 0.572. The molecule has 15 heavy (non-hydrogen) atoms. The van der Waals surface area contributed by atoms with E-state index in [9.17, 15) is 0 Å². The van der Waals surface area contributed by atoms with E-state index >= 15 is 0 Å². The first-order valence-electron chi connectivity index (χ1n) is 5.33. The molecule has 0 aliphatic rings. The van der Waals surface area contributed by atoms with Crippen LogP contribution < -0.4 is 4.74 Å². The third-order valence-electron chi connectivity index (χ3n) is 1.87. The summed E-state index contributed by atoms with van der Waals surface area (Å²) in [7, 11) is 0. The molecule has 0 aromatic heterocycles. The number of hydrogen-bond donors (Lipinski definition) is 1. The number of rotatable bonds is 7. The van der Waals surface area contributed by atoms with E-state index in [0.29, 0.717) is 0 Å². The molecule has 0 aliphatic heterocycles. The summed E-state index contributed by atoms with van der Waals surface area (Å²) in [5, 5.41) is 8.65. The molecule has 0 spiro atoms. The van der Waals surface area contributed by atoms with Crippen LogP contribution in [0.3, 0.4) is 0 Å². The van der Waals surface area contributed by atoms with Crippen molar-refractivity contribution in [2.75, 3.05) is 19.0 Å². The van der Waals surface area contributed by atoms with Gasteiger partial charge >= 0.3 is 0 Å². The van der Waals surface area contributed by atoms with Gasteiger partial charge in [-0.2, -0.15) is 0 Å². The molecule has 0 heterocycles. The summed E-state index contributed by atoms with van der Waals surface area (Å²) >= 11 is 1.76. The largest absolute Gasteiger partial charge is 0.494 e. The average Bonchev–Trinajstić information content (AvgIpc) is 2.28. The maximum absolute atomic E-state index is 8.65. The van der Waals surface area contributed by atoms with Gasteiger partial charge in [-0.3, -0.25) is 0 Å². The van der Waals surface area contributed by atoms with Crippen molar-refractivity contribution in [3.63, 3.8) is 0 Å². The molecule has 0 bridgehead atoms. The fourth-order valence-electron chi connectivity index (χ4n) is 1.11. The minimum Gasteiger partial charge on any atom is -0.494 e. The van der Waals surface area contributed by atoms with Crippen LogP contribution in [-0.4, -0.2) is 24.1 Å². The van der Waals surface area contributed by atoms with Crippen LogP contribution in [-0.2, 0) is 0 Å². The van der Waals surface area contributed by atoms with E-state index in [2.05, 4.69) is 19.1 Å². The van der Waals surface area contributed by atoms with Crippen molar-refractivity contribution in [1.82, 2.24) is 0 Å². The van der Waals surface area contributed by atoms with Crippen LogP contribution >= 0.6 is 11.8 Å². The van der Waals surface area contributed by atoms with Crippen LogP contribution in [0.4, 0.5) is 0 Å². The van der Waals surface area contributed by atoms with Gasteiger partial charge in [0.2, 0.25) is 0 Å². The molecular formula is C12H18O2S. The smallest absolute Gasteiger partial charge is 0.119 e. The molecule has 3 heteroatoms. The zero-order chi connectivity index (χ0) is 10.9. The van der Waals surface area contributed by atoms with E-state index in [1.165, 1.54) is 4.90 Å². The van der Waals surface area contributed by atoms with Gasteiger partial charge in [-0.15, -0.1) is 11.8 Å². The Morgan fingerprint density at radius 3 is 2.60 bits per heavy atom. The normalized spacial score (nSPS) is 10.3. The topological polar surface area (TPSA) is 29.5 Å². The molecule has 0 unspecified atom stereocenters. The highest BCUT2D eigenvalue weighted by atomic mass is 32.2. The SMILES string of the molecule is CCCOc1ccc(SCCCO)cc1. The highest BCUT2D eigenvalue weighted by molar-refractivity contribution is 7.99. The van der Waals surface area contributed by atoms with Crippen molar-refractivity contribution in [3.8, 4) is 5.75 Å². The summed E-state index contributed by atoms with van der Waals surface area (Å²) in [5.74, 6) is 1.90. The van der Waals surface area contributed by atoms with Crippen molar-refractivity contribution in [2.45, 2.75) is 24.7 Å². The van der Waals surface area contributed by atoms with E-state index in [4.69, 9.17) is 9.84 Å². The standard InChI is InChI=1S/C12H18O2S/c1-2-9-14-11-4-6-12(7-5-11)15-10-3-8-13/h4-7,13H,2-3,8-10H2,1H3. The molecule has 1 rings (SSSR count). The minimum atomic E-state index is 0.269. The van der Waals surface area contributed by atoms with Gasteiger partial charge < -0.3 is 9.84 Å². The van der Waals surface area contributed by atoms with Crippen LogP contribution in [0.15, 0.2) is 29.2 Å². The van der Waals surface area contributed by atoms with E-state index in [1.54, 1.807) is 11.8 Å².